The van der Waals surface area contributed by atoms with Crippen LogP contribution < -0.4 is 16.6 Å². The number of halogens is 1. The van der Waals surface area contributed by atoms with Gasteiger partial charge in [-0.1, -0.05) is 49.6 Å². The molecule has 0 radical (unpaired) electrons. The van der Waals surface area contributed by atoms with Crippen molar-refractivity contribution in [1.29, 1.82) is 0 Å². The van der Waals surface area contributed by atoms with Crippen molar-refractivity contribution in [2.45, 2.75) is 51.6 Å². The Labute approximate surface area is 172 Å². The Morgan fingerprint density at radius 3 is 2.36 bits per heavy atom. The smallest absolute Gasteiger partial charge is 0.250 e. The minimum Gasteiger partial charge on any atom is -0.352 e. The molecule has 2 aromatic rings. The Morgan fingerprint density at radius 2 is 1.71 bits per heavy atom. The third kappa shape index (κ3) is 5.94. The molecule has 1 saturated carbocycles. The van der Waals surface area contributed by atoms with Gasteiger partial charge >= 0.3 is 0 Å². The van der Waals surface area contributed by atoms with Crippen molar-refractivity contribution in [2.24, 2.45) is 11.1 Å². The van der Waals surface area contributed by atoms with Crippen LogP contribution in [0.4, 0.5) is 0 Å². The number of hydrogen-bond donors (Lipinski definition) is 2. The van der Waals surface area contributed by atoms with E-state index in [1.165, 1.54) is 19.3 Å². The molecule has 0 spiro atoms. The van der Waals surface area contributed by atoms with Gasteiger partial charge in [0, 0.05) is 25.2 Å². The molecule has 3 N–H and O–H groups in total. The molecule has 1 aliphatic rings. The SMILES string of the molecule is Cl.NCC1(CC(=O)NCc2ccc(Cn3ccccc3=O)cc2)CCCCC1. The minimum atomic E-state index is -0.00890. The number of aromatic nitrogens is 1. The average molecular weight is 404 g/mol. The van der Waals surface area contributed by atoms with Crippen LogP contribution in [0.5, 0.6) is 0 Å². The van der Waals surface area contributed by atoms with E-state index in [1.807, 2.05) is 30.3 Å². The van der Waals surface area contributed by atoms with Gasteiger partial charge in [0.05, 0.1) is 6.54 Å². The first-order chi connectivity index (χ1) is 13.1. The molecule has 1 aliphatic carbocycles. The minimum absolute atomic E-state index is 0. The second-order valence-corrected chi connectivity index (χ2v) is 7.70. The molecule has 0 bridgehead atoms. The summed E-state index contributed by atoms with van der Waals surface area (Å²) in [5.41, 5.74) is 8.08. The maximum absolute atomic E-state index is 12.4. The van der Waals surface area contributed by atoms with Crippen molar-refractivity contribution in [1.82, 2.24) is 9.88 Å². The first kappa shape index (κ1) is 22.2. The highest BCUT2D eigenvalue weighted by atomic mass is 35.5. The van der Waals surface area contributed by atoms with Crippen molar-refractivity contribution in [3.63, 3.8) is 0 Å². The summed E-state index contributed by atoms with van der Waals surface area (Å²) >= 11 is 0. The van der Waals surface area contributed by atoms with Crippen LogP contribution in [0.3, 0.4) is 0 Å². The number of nitrogens with one attached hydrogen (secondary N) is 1. The van der Waals surface area contributed by atoms with Gasteiger partial charge < -0.3 is 15.6 Å². The van der Waals surface area contributed by atoms with Crippen LogP contribution in [0, 0.1) is 5.41 Å². The number of benzene rings is 1. The van der Waals surface area contributed by atoms with Crippen LogP contribution in [-0.4, -0.2) is 17.0 Å². The standard InChI is InChI=1S/C22H29N3O2.ClH/c23-17-22(11-3-1-4-12-22)14-20(26)24-15-18-7-9-19(10-8-18)16-25-13-5-2-6-21(25)27;/h2,5-10,13H,1,3-4,11-12,14-17,23H2,(H,24,26);1H. The van der Waals surface area contributed by atoms with Crippen molar-refractivity contribution >= 4 is 18.3 Å². The molecule has 152 valence electrons. The first-order valence-corrected chi connectivity index (χ1v) is 9.80. The van der Waals surface area contributed by atoms with Gasteiger partial charge in [0.15, 0.2) is 0 Å². The lowest BCUT2D eigenvalue weighted by Crippen LogP contribution is -2.38. The van der Waals surface area contributed by atoms with Crippen LogP contribution in [0.15, 0.2) is 53.5 Å². The molecule has 5 nitrogen and oxygen atoms in total. The van der Waals surface area contributed by atoms with E-state index >= 15 is 0 Å². The molecule has 0 atom stereocenters. The predicted molar refractivity (Wildman–Crippen MR) is 115 cm³/mol. The lowest BCUT2D eigenvalue weighted by molar-refractivity contribution is -0.124. The van der Waals surface area contributed by atoms with Crippen LogP contribution >= 0.6 is 12.4 Å². The maximum Gasteiger partial charge on any atom is 0.250 e. The van der Waals surface area contributed by atoms with Gasteiger partial charge in [0.1, 0.15) is 0 Å². The predicted octanol–water partition coefficient (Wildman–Crippen LogP) is 3.23. The molecular weight excluding hydrogens is 374 g/mol. The zero-order valence-corrected chi connectivity index (χ0v) is 17.0. The number of nitrogens with two attached hydrogens (primary N) is 1. The van der Waals surface area contributed by atoms with Crippen LogP contribution in [0.1, 0.15) is 49.7 Å². The molecule has 0 unspecified atom stereocenters. The van der Waals surface area contributed by atoms with Crippen LogP contribution in [0.25, 0.3) is 0 Å². The Kier molecular flexibility index (Phi) is 8.27. The monoisotopic (exact) mass is 403 g/mol. The number of rotatable bonds is 7. The molecule has 3 rings (SSSR count). The van der Waals surface area contributed by atoms with E-state index in [1.54, 1.807) is 22.9 Å². The molecular formula is C22H30ClN3O2. The highest BCUT2D eigenvalue weighted by molar-refractivity contribution is 5.85. The summed E-state index contributed by atoms with van der Waals surface area (Å²) in [7, 11) is 0. The van der Waals surface area contributed by atoms with Crippen LogP contribution in [0.2, 0.25) is 0 Å². The summed E-state index contributed by atoms with van der Waals surface area (Å²) in [6.07, 6.45) is 8.04. The molecule has 1 aromatic carbocycles. The molecule has 1 amide bonds. The normalized spacial score (nSPS) is 15.5. The second kappa shape index (κ2) is 10.4. The number of pyridine rings is 1. The molecule has 28 heavy (non-hydrogen) atoms. The lowest BCUT2D eigenvalue weighted by atomic mass is 9.71. The lowest BCUT2D eigenvalue weighted by Gasteiger charge is -2.35. The molecule has 6 heteroatoms. The van der Waals surface area contributed by atoms with Crippen molar-refractivity contribution in [3.8, 4) is 0 Å². The fourth-order valence-corrected chi connectivity index (χ4v) is 3.91. The van der Waals surface area contributed by atoms with E-state index in [4.69, 9.17) is 5.73 Å². The van der Waals surface area contributed by atoms with E-state index in [9.17, 15) is 9.59 Å². The molecule has 1 fully saturated rings. The number of carbonyl (C=O) groups is 1. The van der Waals surface area contributed by atoms with Gasteiger partial charge in [0.25, 0.3) is 5.56 Å². The Morgan fingerprint density at radius 1 is 1.04 bits per heavy atom. The number of hydrogen-bond acceptors (Lipinski definition) is 3. The van der Waals surface area contributed by atoms with E-state index in [-0.39, 0.29) is 29.3 Å². The zero-order chi connectivity index (χ0) is 19.1. The average Bonchev–Trinajstić information content (AvgIpc) is 2.70. The van der Waals surface area contributed by atoms with Gasteiger partial charge in [-0.25, -0.2) is 0 Å². The Bertz CT molecular complexity index is 811. The summed E-state index contributed by atoms with van der Waals surface area (Å²) in [4.78, 5) is 24.2. The van der Waals surface area contributed by atoms with Crippen molar-refractivity contribution < 1.29 is 4.79 Å². The fourth-order valence-electron chi connectivity index (χ4n) is 3.91. The number of carbonyl (C=O) groups excluding carboxylic acids is 1. The summed E-state index contributed by atoms with van der Waals surface area (Å²) in [6, 6.07) is 13.2. The first-order valence-electron chi connectivity index (χ1n) is 9.80. The summed E-state index contributed by atoms with van der Waals surface area (Å²) in [5, 5.41) is 3.03. The quantitative estimate of drug-likeness (QED) is 0.745. The maximum atomic E-state index is 12.4. The molecule has 0 saturated heterocycles. The Balaban J connectivity index is 0.00000280. The van der Waals surface area contributed by atoms with E-state index in [2.05, 4.69) is 5.32 Å². The van der Waals surface area contributed by atoms with Gasteiger partial charge in [0.2, 0.25) is 5.91 Å². The number of nitrogens with zero attached hydrogens (tertiary/aromatic N) is 1. The van der Waals surface area contributed by atoms with E-state index < -0.39 is 0 Å². The van der Waals surface area contributed by atoms with Crippen molar-refractivity contribution in [2.75, 3.05) is 6.54 Å². The summed E-state index contributed by atoms with van der Waals surface area (Å²) in [6.45, 7) is 1.66. The third-order valence-corrected chi connectivity index (χ3v) is 5.65. The highest BCUT2D eigenvalue weighted by Crippen LogP contribution is 2.38. The van der Waals surface area contributed by atoms with Gasteiger partial charge in [-0.3, -0.25) is 9.59 Å². The molecule has 1 heterocycles. The highest BCUT2D eigenvalue weighted by Gasteiger charge is 2.32. The number of amides is 1. The summed E-state index contributed by atoms with van der Waals surface area (Å²) < 4.78 is 1.67. The Hall–Kier alpha value is -2.11. The zero-order valence-electron chi connectivity index (χ0n) is 16.2. The fraction of sp³-hybridized carbons (Fsp3) is 0.455. The summed E-state index contributed by atoms with van der Waals surface area (Å²) in [5.74, 6) is 0.0854. The topological polar surface area (TPSA) is 77.1 Å². The van der Waals surface area contributed by atoms with Crippen molar-refractivity contribution in [3.05, 3.63) is 70.1 Å². The van der Waals surface area contributed by atoms with Crippen LogP contribution in [-0.2, 0) is 17.9 Å². The third-order valence-electron chi connectivity index (χ3n) is 5.65. The van der Waals surface area contributed by atoms with Gasteiger partial charge in [-0.2, -0.15) is 0 Å². The van der Waals surface area contributed by atoms with E-state index in [0.717, 1.165) is 24.0 Å². The molecule has 1 aromatic heterocycles. The van der Waals surface area contributed by atoms with E-state index in [0.29, 0.717) is 26.1 Å². The molecule has 0 aliphatic heterocycles. The van der Waals surface area contributed by atoms with Gasteiger partial charge in [-0.15, -0.1) is 12.4 Å². The second-order valence-electron chi connectivity index (χ2n) is 7.70. The van der Waals surface area contributed by atoms with Gasteiger partial charge in [-0.05, 0) is 42.0 Å². The largest absolute Gasteiger partial charge is 0.352 e.